The molecule has 0 aliphatic carbocycles. The number of ether oxygens (including phenoxy) is 2. The van der Waals surface area contributed by atoms with Crippen LogP contribution in [0.4, 0.5) is 0 Å². The lowest BCUT2D eigenvalue weighted by atomic mass is 10.1. The zero-order chi connectivity index (χ0) is 15.4. The summed E-state index contributed by atoms with van der Waals surface area (Å²) in [7, 11) is 0. The molecule has 1 N–H and O–H groups in total. The van der Waals surface area contributed by atoms with Crippen molar-refractivity contribution in [3.8, 4) is 11.5 Å². The molecule has 5 heteroatoms. The number of hydrogen-bond donors (Lipinski definition) is 1. The van der Waals surface area contributed by atoms with Gasteiger partial charge in [-0.25, -0.2) is 0 Å². The molecular weight excluding hydrogens is 393 g/mol. The van der Waals surface area contributed by atoms with Crippen LogP contribution in [0.3, 0.4) is 0 Å². The Kier molecular flexibility index (Phi) is 4.82. The standard InChI is InChI=1S/C17H16INO3/c18-14-4-2-13(3-5-14)17(20)19-8-7-12-1-6-15-16(11-12)22-10-9-21-15/h1-6,11H,7-10H2,(H,19,20). The van der Waals surface area contributed by atoms with Crippen molar-refractivity contribution >= 4 is 28.5 Å². The van der Waals surface area contributed by atoms with Gasteiger partial charge in [0, 0.05) is 15.7 Å². The van der Waals surface area contributed by atoms with Gasteiger partial charge in [0.05, 0.1) is 0 Å². The molecule has 0 spiro atoms. The van der Waals surface area contributed by atoms with Crippen LogP contribution < -0.4 is 14.8 Å². The summed E-state index contributed by atoms with van der Waals surface area (Å²) in [5.74, 6) is 1.53. The van der Waals surface area contributed by atoms with Crippen LogP contribution in [0.1, 0.15) is 15.9 Å². The van der Waals surface area contributed by atoms with Gasteiger partial charge in [0.2, 0.25) is 0 Å². The predicted molar refractivity (Wildman–Crippen MR) is 92.6 cm³/mol. The zero-order valence-corrected chi connectivity index (χ0v) is 14.1. The molecule has 4 nitrogen and oxygen atoms in total. The quantitative estimate of drug-likeness (QED) is 0.790. The van der Waals surface area contributed by atoms with E-state index in [2.05, 4.69) is 27.9 Å². The lowest BCUT2D eigenvalue weighted by molar-refractivity contribution is 0.0954. The Hall–Kier alpha value is -1.76. The van der Waals surface area contributed by atoms with Crippen molar-refractivity contribution in [3.05, 3.63) is 57.2 Å². The highest BCUT2D eigenvalue weighted by atomic mass is 127. The van der Waals surface area contributed by atoms with Gasteiger partial charge in [0.25, 0.3) is 5.91 Å². The van der Waals surface area contributed by atoms with Crippen LogP contribution in [0.5, 0.6) is 11.5 Å². The van der Waals surface area contributed by atoms with E-state index in [1.54, 1.807) is 0 Å². The Labute approximate surface area is 143 Å². The third kappa shape index (κ3) is 3.71. The van der Waals surface area contributed by atoms with Crippen molar-refractivity contribution in [2.45, 2.75) is 6.42 Å². The molecule has 1 aliphatic heterocycles. The van der Waals surface area contributed by atoms with E-state index in [9.17, 15) is 4.79 Å². The monoisotopic (exact) mass is 409 g/mol. The van der Waals surface area contributed by atoms with Gasteiger partial charge < -0.3 is 14.8 Å². The minimum absolute atomic E-state index is 0.0473. The van der Waals surface area contributed by atoms with E-state index in [-0.39, 0.29) is 5.91 Å². The zero-order valence-electron chi connectivity index (χ0n) is 12.0. The maximum absolute atomic E-state index is 12.0. The third-order valence-electron chi connectivity index (χ3n) is 3.41. The summed E-state index contributed by atoms with van der Waals surface area (Å²) in [6.45, 7) is 1.77. The van der Waals surface area contributed by atoms with E-state index in [1.165, 1.54) is 0 Å². The van der Waals surface area contributed by atoms with E-state index in [0.717, 1.165) is 27.1 Å². The molecule has 0 saturated carbocycles. The molecule has 0 radical (unpaired) electrons. The summed E-state index contributed by atoms with van der Waals surface area (Å²) >= 11 is 2.22. The van der Waals surface area contributed by atoms with Crippen LogP contribution >= 0.6 is 22.6 Å². The number of amides is 1. The number of rotatable bonds is 4. The maximum atomic E-state index is 12.0. The van der Waals surface area contributed by atoms with E-state index in [0.29, 0.717) is 25.3 Å². The second kappa shape index (κ2) is 7.00. The molecule has 0 atom stereocenters. The fourth-order valence-corrected chi connectivity index (χ4v) is 2.63. The molecule has 114 valence electrons. The van der Waals surface area contributed by atoms with Gasteiger partial charge in [-0.1, -0.05) is 6.07 Å². The molecule has 22 heavy (non-hydrogen) atoms. The molecular formula is C17H16INO3. The SMILES string of the molecule is O=C(NCCc1ccc2c(c1)OCCO2)c1ccc(I)cc1. The number of benzene rings is 2. The van der Waals surface area contributed by atoms with Crippen molar-refractivity contribution < 1.29 is 14.3 Å². The number of hydrogen-bond acceptors (Lipinski definition) is 3. The van der Waals surface area contributed by atoms with Crippen LogP contribution in [0.15, 0.2) is 42.5 Å². The van der Waals surface area contributed by atoms with E-state index >= 15 is 0 Å². The third-order valence-corrected chi connectivity index (χ3v) is 4.13. The maximum Gasteiger partial charge on any atom is 0.251 e. The van der Waals surface area contributed by atoms with Crippen LogP contribution in [0, 0.1) is 3.57 Å². The van der Waals surface area contributed by atoms with Crippen molar-refractivity contribution in [3.63, 3.8) is 0 Å². The second-order valence-electron chi connectivity index (χ2n) is 4.99. The van der Waals surface area contributed by atoms with Crippen LogP contribution in [0.25, 0.3) is 0 Å². The van der Waals surface area contributed by atoms with Gasteiger partial charge in [-0.15, -0.1) is 0 Å². The minimum atomic E-state index is -0.0473. The normalized spacial score (nSPS) is 12.8. The summed E-state index contributed by atoms with van der Waals surface area (Å²) in [5.41, 5.74) is 1.80. The van der Waals surface area contributed by atoms with Gasteiger partial charge in [-0.05, 0) is 71.0 Å². The van der Waals surface area contributed by atoms with Gasteiger partial charge in [-0.3, -0.25) is 4.79 Å². The Morgan fingerprint density at radius 1 is 1.05 bits per heavy atom. The average molecular weight is 409 g/mol. The molecule has 0 bridgehead atoms. The average Bonchev–Trinajstić information content (AvgIpc) is 2.55. The molecule has 0 aromatic heterocycles. The van der Waals surface area contributed by atoms with Gasteiger partial charge in [0.15, 0.2) is 11.5 Å². The molecule has 0 unspecified atom stereocenters. The first-order valence-corrected chi connectivity index (χ1v) is 8.22. The first kappa shape index (κ1) is 15.1. The van der Waals surface area contributed by atoms with Crippen molar-refractivity contribution in [1.29, 1.82) is 0 Å². The predicted octanol–water partition coefficient (Wildman–Crippen LogP) is 3.03. The lowest BCUT2D eigenvalue weighted by Crippen LogP contribution is -2.25. The number of nitrogens with one attached hydrogen (secondary N) is 1. The van der Waals surface area contributed by atoms with Gasteiger partial charge in [-0.2, -0.15) is 0 Å². The van der Waals surface area contributed by atoms with Crippen molar-refractivity contribution in [2.24, 2.45) is 0 Å². The highest BCUT2D eigenvalue weighted by Gasteiger charge is 2.11. The van der Waals surface area contributed by atoms with E-state index in [1.807, 2.05) is 42.5 Å². The topological polar surface area (TPSA) is 47.6 Å². The van der Waals surface area contributed by atoms with Gasteiger partial charge >= 0.3 is 0 Å². The number of carbonyl (C=O) groups excluding carboxylic acids is 1. The summed E-state index contributed by atoms with van der Waals surface area (Å²) in [6, 6.07) is 13.4. The minimum Gasteiger partial charge on any atom is -0.486 e. The molecule has 0 fully saturated rings. The number of halogens is 1. The fourth-order valence-electron chi connectivity index (χ4n) is 2.27. The van der Waals surface area contributed by atoms with E-state index < -0.39 is 0 Å². The fraction of sp³-hybridized carbons (Fsp3) is 0.235. The molecule has 0 saturated heterocycles. The van der Waals surface area contributed by atoms with Crippen LogP contribution in [0.2, 0.25) is 0 Å². The number of fused-ring (bicyclic) bond motifs is 1. The van der Waals surface area contributed by atoms with Crippen LogP contribution in [-0.4, -0.2) is 25.7 Å². The summed E-state index contributed by atoms with van der Waals surface area (Å²) in [5, 5.41) is 2.93. The van der Waals surface area contributed by atoms with Gasteiger partial charge in [0.1, 0.15) is 13.2 Å². The molecule has 2 aromatic carbocycles. The van der Waals surface area contributed by atoms with Crippen LogP contribution in [-0.2, 0) is 6.42 Å². The molecule has 2 aromatic rings. The Morgan fingerprint density at radius 2 is 1.77 bits per heavy atom. The van der Waals surface area contributed by atoms with E-state index in [4.69, 9.17) is 9.47 Å². The Bertz CT molecular complexity index is 670. The summed E-state index contributed by atoms with van der Waals surface area (Å²) < 4.78 is 12.2. The number of carbonyl (C=O) groups is 1. The summed E-state index contributed by atoms with van der Waals surface area (Å²) in [6.07, 6.45) is 0.757. The Balaban J connectivity index is 1.54. The first-order chi connectivity index (χ1) is 10.7. The Morgan fingerprint density at radius 3 is 2.55 bits per heavy atom. The highest BCUT2D eigenvalue weighted by molar-refractivity contribution is 14.1. The molecule has 1 aliphatic rings. The largest absolute Gasteiger partial charge is 0.486 e. The summed E-state index contributed by atoms with van der Waals surface area (Å²) in [4.78, 5) is 12.0. The lowest BCUT2D eigenvalue weighted by Gasteiger charge is -2.18. The second-order valence-corrected chi connectivity index (χ2v) is 6.24. The molecule has 3 rings (SSSR count). The molecule has 1 amide bonds. The van der Waals surface area contributed by atoms with Crippen molar-refractivity contribution in [1.82, 2.24) is 5.32 Å². The smallest absolute Gasteiger partial charge is 0.251 e. The van der Waals surface area contributed by atoms with Crippen molar-refractivity contribution in [2.75, 3.05) is 19.8 Å². The molecule has 1 heterocycles. The first-order valence-electron chi connectivity index (χ1n) is 7.15. The highest BCUT2D eigenvalue weighted by Crippen LogP contribution is 2.30.